The largest absolute Gasteiger partial charge is 0.339 e. The van der Waals surface area contributed by atoms with Crippen LogP contribution >= 0.6 is 11.6 Å². The standard InChI is InChI=1S/C18H26ClN3O/c1-4-7-8-17-21-16(22-23-17)13-20-18(5-2,6-3)14-9-11-15(19)12-10-14/h9-12,20H,4-8,13H2,1-3H3. The molecule has 0 aliphatic carbocycles. The van der Waals surface area contributed by atoms with Crippen molar-refractivity contribution in [3.8, 4) is 0 Å². The summed E-state index contributed by atoms with van der Waals surface area (Å²) in [6.45, 7) is 7.13. The lowest BCUT2D eigenvalue weighted by molar-refractivity contribution is 0.298. The fourth-order valence-corrected chi connectivity index (χ4v) is 2.94. The highest BCUT2D eigenvalue weighted by Gasteiger charge is 2.28. The summed E-state index contributed by atoms with van der Waals surface area (Å²) in [5.74, 6) is 1.45. The van der Waals surface area contributed by atoms with Crippen molar-refractivity contribution < 1.29 is 4.52 Å². The topological polar surface area (TPSA) is 51.0 Å². The number of rotatable bonds is 9. The van der Waals surface area contributed by atoms with Gasteiger partial charge in [-0.05, 0) is 37.0 Å². The molecule has 0 spiro atoms. The first-order chi connectivity index (χ1) is 11.1. The summed E-state index contributed by atoms with van der Waals surface area (Å²) >= 11 is 6.01. The second kappa shape index (κ2) is 8.46. The Labute approximate surface area is 143 Å². The molecule has 0 bridgehead atoms. The molecule has 126 valence electrons. The number of nitrogens with zero attached hydrogens (tertiary/aromatic N) is 2. The van der Waals surface area contributed by atoms with Crippen molar-refractivity contribution >= 4 is 11.6 Å². The van der Waals surface area contributed by atoms with Gasteiger partial charge in [-0.2, -0.15) is 4.98 Å². The molecular weight excluding hydrogens is 310 g/mol. The van der Waals surface area contributed by atoms with Crippen molar-refractivity contribution in [2.75, 3.05) is 0 Å². The van der Waals surface area contributed by atoms with E-state index in [2.05, 4.69) is 48.4 Å². The molecule has 1 aromatic carbocycles. The molecule has 0 atom stereocenters. The summed E-state index contributed by atoms with van der Waals surface area (Å²) in [6, 6.07) is 8.06. The summed E-state index contributed by atoms with van der Waals surface area (Å²) in [5.41, 5.74) is 1.14. The van der Waals surface area contributed by atoms with Crippen molar-refractivity contribution in [2.45, 2.75) is 65.0 Å². The Balaban J connectivity index is 2.07. The van der Waals surface area contributed by atoms with E-state index in [4.69, 9.17) is 16.1 Å². The highest BCUT2D eigenvalue weighted by molar-refractivity contribution is 6.30. The minimum absolute atomic E-state index is 0.102. The molecule has 0 aliphatic heterocycles. The van der Waals surface area contributed by atoms with Gasteiger partial charge in [-0.25, -0.2) is 0 Å². The van der Waals surface area contributed by atoms with E-state index in [1.807, 2.05) is 12.1 Å². The maximum absolute atomic E-state index is 6.01. The van der Waals surface area contributed by atoms with Crippen LogP contribution in [0.15, 0.2) is 28.8 Å². The Morgan fingerprint density at radius 2 is 1.83 bits per heavy atom. The smallest absolute Gasteiger partial charge is 0.226 e. The van der Waals surface area contributed by atoms with Gasteiger partial charge >= 0.3 is 0 Å². The van der Waals surface area contributed by atoms with Gasteiger partial charge in [0.05, 0.1) is 6.54 Å². The second-order valence-corrected chi connectivity index (χ2v) is 6.29. The molecule has 0 radical (unpaired) electrons. The Morgan fingerprint density at radius 1 is 1.13 bits per heavy atom. The number of aryl methyl sites for hydroxylation is 1. The molecule has 5 heteroatoms. The molecule has 23 heavy (non-hydrogen) atoms. The van der Waals surface area contributed by atoms with Crippen LogP contribution < -0.4 is 5.32 Å². The number of hydrogen-bond donors (Lipinski definition) is 1. The van der Waals surface area contributed by atoms with Gasteiger partial charge in [0.2, 0.25) is 5.89 Å². The number of benzene rings is 1. The summed E-state index contributed by atoms with van der Waals surface area (Å²) in [5, 5.41) is 8.46. The zero-order valence-electron chi connectivity index (χ0n) is 14.2. The van der Waals surface area contributed by atoms with Crippen LogP contribution in [0.5, 0.6) is 0 Å². The third kappa shape index (κ3) is 4.55. The number of halogens is 1. The third-order valence-corrected chi connectivity index (χ3v) is 4.70. The highest BCUT2D eigenvalue weighted by atomic mass is 35.5. The van der Waals surface area contributed by atoms with E-state index >= 15 is 0 Å². The zero-order chi connectivity index (χ0) is 16.7. The molecule has 0 fully saturated rings. The zero-order valence-corrected chi connectivity index (χ0v) is 15.0. The van der Waals surface area contributed by atoms with Gasteiger partial charge in [-0.3, -0.25) is 0 Å². The Morgan fingerprint density at radius 3 is 2.43 bits per heavy atom. The number of unbranched alkanes of at least 4 members (excludes halogenated alkanes) is 1. The van der Waals surface area contributed by atoms with Crippen LogP contribution in [-0.2, 0) is 18.5 Å². The lowest BCUT2D eigenvalue weighted by Gasteiger charge is -2.33. The van der Waals surface area contributed by atoms with Crippen LogP contribution in [0.3, 0.4) is 0 Å². The molecule has 1 aromatic heterocycles. The van der Waals surface area contributed by atoms with Crippen LogP contribution in [0.2, 0.25) is 5.02 Å². The van der Waals surface area contributed by atoms with Crippen molar-refractivity contribution in [1.29, 1.82) is 0 Å². The third-order valence-electron chi connectivity index (χ3n) is 4.44. The van der Waals surface area contributed by atoms with Crippen LogP contribution in [0, 0.1) is 0 Å². The van der Waals surface area contributed by atoms with Crippen LogP contribution in [0.4, 0.5) is 0 Å². The van der Waals surface area contributed by atoms with E-state index in [0.29, 0.717) is 6.54 Å². The molecule has 0 aliphatic rings. The fraction of sp³-hybridized carbons (Fsp3) is 0.556. The van der Waals surface area contributed by atoms with Crippen LogP contribution in [-0.4, -0.2) is 10.1 Å². The van der Waals surface area contributed by atoms with Gasteiger partial charge in [0.25, 0.3) is 0 Å². The normalized spacial score (nSPS) is 11.8. The molecule has 4 nitrogen and oxygen atoms in total. The first-order valence-corrected chi connectivity index (χ1v) is 8.83. The SMILES string of the molecule is CCCCc1nc(CNC(CC)(CC)c2ccc(Cl)cc2)no1. The van der Waals surface area contributed by atoms with Crippen molar-refractivity contribution in [3.05, 3.63) is 46.6 Å². The van der Waals surface area contributed by atoms with E-state index in [1.54, 1.807) is 0 Å². The van der Waals surface area contributed by atoms with Crippen molar-refractivity contribution in [2.24, 2.45) is 0 Å². The monoisotopic (exact) mass is 335 g/mol. The molecular formula is C18H26ClN3O. The maximum atomic E-state index is 6.01. The van der Waals surface area contributed by atoms with Gasteiger partial charge in [0, 0.05) is 17.0 Å². The van der Waals surface area contributed by atoms with Crippen molar-refractivity contribution in [3.63, 3.8) is 0 Å². The predicted molar refractivity (Wildman–Crippen MR) is 93.5 cm³/mol. The number of nitrogens with one attached hydrogen (secondary N) is 1. The Kier molecular flexibility index (Phi) is 6.60. The van der Waals surface area contributed by atoms with Gasteiger partial charge in [-0.15, -0.1) is 0 Å². The van der Waals surface area contributed by atoms with E-state index in [0.717, 1.165) is 48.8 Å². The minimum Gasteiger partial charge on any atom is -0.339 e. The molecule has 0 amide bonds. The maximum Gasteiger partial charge on any atom is 0.226 e. The Hall–Kier alpha value is -1.39. The molecule has 2 aromatic rings. The fourth-order valence-electron chi connectivity index (χ4n) is 2.82. The summed E-state index contributed by atoms with van der Waals surface area (Å²) in [7, 11) is 0. The van der Waals surface area contributed by atoms with E-state index in [1.165, 1.54) is 5.56 Å². The lowest BCUT2D eigenvalue weighted by atomic mass is 9.84. The number of hydrogen-bond acceptors (Lipinski definition) is 4. The van der Waals surface area contributed by atoms with Gasteiger partial charge < -0.3 is 9.84 Å². The van der Waals surface area contributed by atoms with Gasteiger partial charge in [-0.1, -0.05) is 56.1 Å². The predicted octanol–water partition coefficient (Wildman–Crippen LogP) is 4.87. The quantitative estimate of drug-likeness (QED) is 0.710. The van der Waals surface area contributed by atoms with E-state index < -0.39 is 0 Å². The van der Waals surface area contributed by atoms with Crippen molar-refractivity contribution in [1.82, 2.24) is 15.5 Å². The molecule has 0 unspecified atom stereocenters. The molecule has 1 heterocycles. The minimum atomic E-state index is -0.102. The van der Waals surface area contributed by atoms with Gasteiger partial charge in [0.1, 0.15) is 0 Å². The van der Waals surface area contributed by atoms with Crippen LogP contribution in [0.25, 0.3) is 0 Å². The molecule has 0 saturated heterocycles. The summed E-state index contributed by atoms with van der Waals surface area (Å²) in [6.07, 6.45) is 5.01. The number of aromatic nitrogens is 2. The first-order valence-electron chi connectivity index (χ1n) is 8.46. The summed E-state index contributed by atoms with van der Waals surface area (Å²) in [4.78, 5) is 4.47. The van der Waals surface area contributed by atoms with E-state index in [-0.39, 0.29) is 5.54 Å². The molecule has 0 saturated carbocycles. The summed E-state index contributed by atoms with van der Waals surface area (Å²) < 4.78 is 5.30. The average molecular weight is 336 g/mol. The van der Waals surface area contributed by atoms with E-state index in [9.17, 15) is 0 Å². The Bertz CT molecular complexity index is 591. The van der Waals surface area contributed by atoms with Crippen LogP contribution in [0.1, 0.15) is 63.7 Å². The van der Waals surface area contributed by atoms with Gasteiger partial charge in [0.15, 0.2) is 5.82 Å². The molecule has 2 rings (SSSR count). The average Bonchev–Trinajstić information content (AvgIpc) is 3.03. The second-order valence-electron chi connectivity index (χ2n) is 5.86. The first kappa shape index (κ1) is 18.0. The highest BCUT2D eigenvalue weighted by Crippen LogP contribution is 2.30. The molecule has 1 N–H and O–H groups in total. The lowest BCUT2D eigenvalue weighted by Crippen LogP contribution is -2.41.